The molecule has 0 aromatic carbocycles. The number of ether oxygens (including phenoxy) is 1. The van der Waals surface area contributed by atoms with Crippen LogP contribution in [0.4, 0.5) is 9.18 Å². The Bertz CT molecular complexity index is 212. The molecule has 0 radical (unpaired) electrons. The van der Waals surface area contributed by atoms with Gasteiger partial charge in [-0.3, -0.25) is 0 Å². The Labute approximate surface area is 90.0 Å². The molecule has 0 aromatic heterocycles. The number of alkyl halides is 1. The molecule has 88 valence electrons. The van der Waals surface area contributed by atoms with E-state index in [0.29, 0.717) is 12.6 Å². The molecule has 0 saturated carbocycles. The average molecular weight is 218 g/mol. The summed E-state index contributed by atoms with van der Waals surface area (Å²) in [6, 6.07) is 0.386. The summed E-state index contributed by atoms with van der Waals surface area (Å²) in [4.78, 5) is 15.2. The van der Waals surface area contributed by atoms with Crippen molar-refractivity contribution in [3.63, 3.8) is 0 Å². The largest absolute Gasteiger partial charge is 0.447 e. The fourth-order valence-corrected chi connectivity index (χ4v) is 1.76. The Balaban J connectivity index is 2.38. The normalized spacial score (nSPS) is 21.9. The van der Waals surface area contributed by atoms with Crippen LogP contribution in [0.2, 0.25) is 0 Å². The Morgan fingerprint density at radius 2 is 2.33 bits per heavy atom. The van der Waals surface area contributed by atoms with Crippen LogP contribution < -0.4 is 0 Å². The maximum atomic E-state index is 11.8. The third-order valence-electron chi connectivity index (χ3n) is 2.69. The first-order chi connectivity index (χ1) is 7.15. The third kappa shape index (κ3) is 3.66. The van der Waals surface area contributed by atoms with Gasteiger partial charge in [-0.1, -0.05) is 0 Å². The zero-order chi connectivity index (χ0) is 11.3. The number of amides is 1. The molecule has 0 aliphatic carbocycles. The summed E-state index contributed by atoms with van der Waals surface area (Å²) < 4.78 is 16.6. The number of hydrogen-bond acceptors (Lipinski definition) is 3. The van der Waals surface area contributed by atoms with Crippen LogP contribution in [-0.2, 0) is 4.74 Å². The van der Waals surface area contributed by atoms with Crippen LogP contribution >= 0.6 is 0 Å². The summed E-state index contributed by atoms with van der Waals surface area (Å²) in [5, 5.41) is 0. The van der Waals surface area contributed by atoms with Crippen molar-refractivity contribution in [3.05, 3.63) is 0 Å². The standard InChI is InChI=1S/C10H19FN2O2/c1-12(2)9-4-3-6-13(8-9)10(14)15-7-5-11/h9H,3-8H2,1-2H3/t9-/m0/s1. The van der Waals surface area contributed by atoms with Gasteiger partial charge in [0.25, 0.3) is 0 Å². The average Bonchev–Trinajstić information content (AvgIpc) is 2.26. The quantitative estimate of drug-likeness (QED) is 0.711. The van der Waals surface area contributed by atoms with Gasteiger partial charge in [0.15, 0.2) is 0 Å². The summed E-state index contributed by atoms with van der Waals surface area (Å²) in [5.74, 6) is 0. The molecular formula is C10H19FN2O2. The lowest BCUT2D eigenvalue weighted by Crippen LogP contribution is -2.47. The summed E-state index contributed by atoms with van der Waals surface area (Å²) in [7, 11) is 4.00. The molecule has 0 bridgehead atoms. The van der Waals surface area contributed by atoms with Gasteiger partial charge in [-0.05, 0) is 26.9 Å². The molecule has 1 atom stereocenters. The monoisotopic (exact) mass is 218 g/mol. The predicted molar refractivity (Wildman–Crippen MR) is 55.6 cm³/mol. The van der Waals surface area contributed by atoms with Crippen LogP contribution in [0.1, 0.15) is 12.8 Å². The van der Waals surface area contributed by atoms with Crippen molar-refractivity contribution in [1.82, 2.24) is 9.80 Å². The second-order valence-electron chi connectivity index (χ2n) is 4.01. The van der Waals surface area contributed by atoms with E-state index in [2.05, 4.69) is 4.90 Å². The van der Waals surface area contributed by atoms with Gasteiger partial charge in [0.1, 0.15) is 13.3 Å². The van der Waals surface area contributed by atoms with Crippen molar-refractivity contribution in [2.75, 3.05) is 40.5 Å². The Morgan fingerprint density at radius 3 is 2.93 bits per heavy atom. The molecular weight excluding hydrogens is 199 g/mol. The lowest BCUT2D eigenvalue weighted by molar-refractivity contribution is 0.0721. The van der Waals surface area contributed by atoms with Crippen LogP contribution in [0.15, 0.2) is 0 Å². The predicted octanol–water partition coefficient (Wildman–Crippen LogP) is 1.12. The third-order valence-corrected chi connectivity index (χ3v) is 2.69. The highest BCUT2D eigenvalue weighted by Gasteiger charge is 2.25. The van der Waals surface area contributed by atoms with Gasteiger partial charge in [0, 0.05) is 19.1 Å². The molecule has 0 N–H and O–H groups in total. The molecule has 1 aliphatic rings. The lowest BCUT2D eigenvalue weighted by Gasteiger charge is -2.35. The topological polar surface area (TPSA) is 32.8 Å². The van der Waals surface area contributed by atoms with E-state index < -0.39 is 6.67 Å². The van der Waals surface area contributed by atoms with Crippen molar-refractivity contribution >= 4 is 6.09 Å². The van der Waals surface area contributed by atoms with Gasteiger partial charge in [0.05, 0.1) is 0 Å². The molecule has 1 saturated heterocycles. The van der Waals surface area contributed by atoms with Crippen LogP contribution in [-0.4, -0.2) is 62.4 Å². The fourth-order valence-electron chi connectivity index (χ4n) is 1.76. The van der Waals surface area contributed by atoms with Gasteiger partial charge < -0.3 is 14.5 Å². The first-order valence-electron chi connectivity index (χ1n) is 5.29. The number of piperidine rings is 1. The van der Waals surface area contributed by atoms with Gasteiger partial charge in [-0.2, -0.15) is 0 Å². The van der Waals surface area contributed by atoms with Gasteiger partial charge in [-0.25, -0.2) is 9.18 Å². The number of rotatable bonds is 3. The molecule has 1 heterocycles. The molecule has 1 amide bonds. The summed E-state index contributed by atoms with van der Waals surface area (Å²) >= 11 is 0. The second-order valence-corrected chi connectivity index (χ2v) is 4.01. The Morgan fingerprint density at radius 1 is 1.60 bits per heavy atom. The summed E-state index contributed by atoms with van der Waals surface area (Å²) in [6.45, 7) is 0.645. The van der Waals surface area contributed by atoms with E-state index in [1.807, 2.05) is 14.1 Å². The van der Waals surface area contributed by atoms with Gasteiger partial charge in [-0.15, -0.1) is 0 Å². The van der Waals surface area contributed by atoms with Crippen LogP contribution in [0, 0.1) is 0 Å². The highest BCUT2D eigenvalue weighted by Crippen LogP contribution is 2.14. The highest BCUT2D eigenvalue weighted by molar-refractivity contribution is 5.67. The van der Waals surface area contributed by atoms with Crippen molar-refractivity contribution in [3.8, 4) is 0 Å². The van der Waals surface area contributed by atoms with Crippen molar-refractivity contribution in [2.24, 2.45) is 0 Å². The number of likely N-dealkylation sites (tertiary alicyclic amines) is 1. The molecule has 1 aliphatic heterocycles. The second kappa shape index (κ2) is 5.90. The maximum Gasteiger partial charge on any atom is 0.409 e. The zero-order valence-corrected chi connectivity index (χ0v) is 9.41. The molecule has 5 heteroatoms. The minimum absolute atomic E-state index is 0.137. The van der Waals surface area contributed by atoms with E-state index >= 15 is 0 Å². The minimum atomic E-state index is -0.614. The van der Waals surface area contributed by atoms with Crippen molar-refractivity contribution in [1.29, 1.82) is 0 Å². The lowest BCUT2D eigenvalue weighted by atomic mass is 10.1. The number of likely N-dealkylation sites (N-methyl/N-ethyl adjacent to an activating group) is 1. The molecule has 4 nitrogen and oxygen atoms in total. The van der Waals surface area contributed by atoms with Gasteiger partial charge >= 0.3 is 6.09 Å². The minimum Gasteiger partial charge on any atom is -0.447 e. The van der Waals surface area contributed by atoms with E-state index in [9.17, 15) is 9.18 Å². The van der Waals surface area contributed by atoms with E-state index in [1.165, 1.54) is 0 Å². The zero-order valence-electron chi connectivity index (χ0n) is 9.41. The molecule has 1 rings (SSSR count). The maximum absolute atomic E-state index is 11.8. The smallest absolute Gasteiger partial charge is 0.409 e. The molecule has 15 heavy (non-hydrogen) atoms. The van der Waals surface area contributed by atoms with Gasteiger partial charge in [0.2, 0.25) is 0 Å². The van der Waals surface area contributed by atoms with Crippen LogP contribution in [0.25, 0.3) is 0 Å². The van der Waals surface area contributed by atoms with E-state index in [-0.39, 0.29) is 12.7 Å². The van der Waals surface area contributed by atoms with Crippen molar-refractivity contribution < 1.29 is 13.9 Å². The van der Waals surface area contributed by atoms with Crippen LogP contribution in [0.5, 0.6) is 0 Å². The number of nitrogens with zero attached hydrogens (tertiary/aromatic N) is 2. The van der Waals surface area contributed by atoms with E-state index in [0.717, 1.165) is 19.4 Å². The number of carbonyl (C=O) groups excluding carboxylic acids is 1. The highest BCUT2D eigenvalue weighted by atomic mass is 19.1. The summed E-state index contributed by atoms with van der Waals surface area (Å²) in [5.41, 5.74) is 0. The molecule has 1 fully saturated rings. The first kappa shape index (κ1) is 12.2. The summed E-state index contributed by atoms with van der Waals surface area (Å²) in [6.07, 6.45) is 1.69. The van der Waals surface area contributed by atoms with E-state index in [1.54, 1.807) is 4.90 Å². The molecule has 0 aromatic rings. The number of halogens is 1. The molecule has 0 unspecified atom stereocenters. The van der Waals surface area contributed by atoms with Crippen molar-refractivity contribution in [2.45, 2.75) is 18.9 Å². The SMILES string of the molecule is CN(C)[C@H]1CCCN(C(=O)OCCF)C1. The first-order valence-corrected chi connectivity index (χ1v) is 5.29. The number of hydrogen-bond donors (Lipinski definition) is 0. The van der Waals surface area contributed by atoms with Crippen LogP contribution in [0.3, 0.4) is 0 Å². The number of carbonyl (C=O) groups is 1. The fraction of sp³-hybridized carbons (Fsp3) is 0.900. The Kier molecular flexibility index (Phi) is 4.81. The Hall–Kier alpha value is -0.840. The van der Waals surface area contributed by atoms with E-state index in [4.69, 9.17) is 4.74 Å². The molecule has 0 spiro atoms.